The first-order valence-corrected chi connectivity index (χ1v) is 6.40. The van der Waals surface area contributed by atoms with E-state index >= 15 is 0 Å². The Morgan fingerprint density at radius 2 is 2.29 bits per heavy atom. The minimum absolute atomic E-state index is 0.368. The van der Waals surface area contributed by atoms with Crippen LogP contribution in [0, 0.1) is 5.92 Å². The van der Waals surface area contributed by atoms with Gasteiger partial charge in [0.25, 0.3) is 0 Å². The summed E-state index contributed by atoms with van der Waals surface area (Å²) in [5, 5.41) is 4.13. The van der Waals surface area contributed by atoms with E-state index in [1.807, 2.05) is 12.1 Å². The second-order valence-corrected chi connectivity index (χ2v) is 5.08. The minimum atomic E-state index is 0.368. The summed E-state index contributed by atoms with van der Waals surface area (Å²) in [6.07, 6.45) is 1.51. The second kappa shape index (κ2) is 5.71. The zero-order valence-electron chi connectivity index (χ0n) is 10.1. The lowest BCUT2D eigenvalue weighted by Crippen LogP contribution is -2.26. The molecule has 1 aliphatic rings. The summed E-state index contributed by atoms with van der Waals surface area (Å²) >= 11 is 5.95. The molecule has 0 aromatic heterocycles. The number of benzene rings is 1. The highest BCUT2D eigenvalue weighted by atomic mass is 35.5. The zero-order chi connectivity index (χ0) is 12.3. The monoisotopic (exact) mass is 254 g/mol. The predicted molar refractivity (Wildman–Crippen MR) is 71.1 cm³/mol. The highest BCUT2D eigenvalue weighted by Gasteiger charge is 2.23. The Bertz CT molecular complexity index is 363. The first-order valence-electron chi connectivity index (χ1n) is 6.02. The molecule has 1 heterocycles. The molecule has 3 nitrogen and oxygen atoms in total. The SMILES string of the molecule is CC1OCCC1CNCc1cc(N)cc(Cl)c1. The van der Waals surface area contributed by atoms with Crippen LogP contribution in [0.5, 0.6) is 0 Å². The van der Waals surface area contributed by atoms with E-state index in [1.165, 1.54) is 0 Å². The molecule has 0 bridgehead atoms. The van der Waals surface area contributed by atoms with E-state index < -0.39 is 0 Å². The lowest BCUT2D eigenvalue weighted by molar-refractivity contribution is 0.105. The number of hydrogen-bond donors (Lipinski definition) is 2. The van der Waals surface area contributed by atoms with Crippen molar-refractivity contribution in [3.05, 3.63) is 28.8 Å². The van der Waals surface area contributed by atoms with Crippen molar-refractivity contribution in [3.8, 4) is 0 Å². The number of halogens is 1. The van der Waals surface area contributed by atoms with E-state index in [0.29, 0.717) is 22.7 Å². The van der Waals surface area contributed by atoms with Crippen molar-refractivity contribution in [2.75, 3.05) is 18.9 Å². The van der Waals surface area contributed by atoms with Crippen molar-refractivity contribution in [2.45, 2.75) is 26.0 Å². The molecule has 1 saturated heterocycles. The largest absolute Gasteiger partial charge is 0.399 e. The molecular formula is C13H19ClN2O. The van der Waals surface area contributed by atoms with Gasteiger partial charge < -0.3 is 15.8 Å². The van der Waals surface area contributed by atoms with Gasteiger partial charge in [-0.15, -0.1) is 0 Å². The number of nitrogens with two attached hydrogens (primary N) is 1. The normalized spacial score (nSPS) is 24.1. The van der Waals surface area contributed by atoms with Crippen LogP contribution < -0.4 is 11.1 Å². The number of hydrogen-bond acceptors (Lipinski definition) is 3. The quantitative estimate of drug-likeness (QED) is 0.812. The molecule has 3 N–H and O–H groups in total. The molecule has 1 aromatic carbocycles. The van der Waals surface area contributed by atoms with Gasteiger partial charge in [-0.05, 0) is 43.0 Å². The number of anilines is 1. The first kappa shape index (κ1) is 12.7. The van der Waals surface area contributed by atoms with E-state index in [2.05, 4.69) is 12.2 Å². The summed E-state index contributed by atoms with van der Waals surface area (Å²) in [6.45, 7) is 4.80. The third kappa shape index (κ3) is 3.60. The zero-order valence-corrected chi connectivity index (χ0v) is 10.8. The van der Waals surface area contributed by atoms with Crippen molar-refractivity contribution in [1.82, 2.24) is 5.32 Å². The van der Waals surface area contributed by atoms with Crippen molar-refractivity contribution in [2.24, 2.45) is 5.92 Å². The highest BCUT2D eigenvalue weighted by molar-refractivity contribution is 6.30. The highest BCUT2D eigenvalue weighted by Crippen LogP contribution is 2.20. The predicted octanol–water partition coefficient (Wildman–Crippen LogP) is 2.44. The van der Waals surface area contributed by atoms with Crippen LogP contribution in [0.1, 0.15) is 18.9 Å². The maximum absolute atomic E-state index is 5.95. The van der Waals surface area contributed by atoms with Crippen LogP contribution in [-0.4, -0.2) is 19.3 Å². The smallest absolute Gasteiger partial charge is 0.0588 e. The molecule has 94 valence electrons. The van der Waals surface area contributed by atoms with E-state index in [0.717, 1.165) is 31.7 Å². The summed E-state index contributed by atoms with van der Waals surface area (Å²) in [6, 6.07) is 5.66. The third-order valence-corrected chi connectivity index (χ3v) is 3.47. The van der Waals surface area contributed by atoms with Crippen LogP contribution in [0.2, 0.25) is 5.02 Å². The molecule has 2 unspecified atom stereocenters. The molecule has 17 heavy (non-hydrogen) atoms. The van der Waals surface area contributed by atoms with Gasteiger partial charge >= 0.3 is 0 Å². The summed E-state index contributed by atoms with van der Waals surface area (Å²) in [5.74, 6) is 0.617. The van der Waals surface area contributed by atoms with E-state index in [9.17, 15) is 0 Å². The topological polar surface area (TPSA) is 47.3 Å². The fourth-order valence-electron chi connectivity index (χ4n) is 2.22. The molecule has 1 fully saturated rings. The fraction of sp³-hybridized carbons (Fsp3) is 0.538. The molecule has 2 rings (SSSR count). The van der Waals surface area contributed by atoms with Crippen molar-refractivity contribution >= 4 is 17.3 Å². The minimum Gasteiger partial charge on any atom is -0.399 e. The Kier molecular flexibility index (Phi) is 4.26. The summed E-state index contributed by atoms with van der Waals surface area (Å²) < 4.78 is 5.53. The molecule has 1 aromatic rings. The fourth-order valence-corrected chi connectivity index (χ4v) is 2.49. The molecule has 0 amide bonds. The van der Waals surface area contributed by atoms with Gasteiger partial charge in [0.15, 0.2) is 0 Å². The number of nitrogens with one attached hydrogen (secondary N) is 1. The van der Waals surface area contributed by atoms with Crippen molar-refractivity contribution in [1.29, 1.82) is 0 Å². The van der Waals surface area contributed by atoms with Gasteiger partial charge in [0.2, 0.25) is 0 Å². The average Bonchev–Trinajstić information content (AvgIpc) is 2.63. The van der Waals surface area contributed by atoms with Gasteiger partial charge in [0, 0.05) is 30.4 Å². The van der Waals surface area contributed by atoms with E-state index in [-0.39, 0.29) is 0 Å². The lowest BCUT2D eigenvalue weighted by Gasteiger charge is -2.15. The summed E-state index contributed by atoms with van der Waals surface area (Å²) in [4.78, 5) is 0. The van der Waals surface area contributed by atoms with E-state index in [4.69, 9.17) is 22.1 Å². The summed E-state index contributed by atoms with van der Waals surface area (Å²) in [7, 11) is 0. The second-order valence-electron chi connectivity index (χ2n) is 4.65. The van der Waals surface area contributed by atoms with Crippen LogP contribution in [-0.2, 0) is 11.3 Å². The van der Waals surface area contributed by atoms with Gasteiger partial charge in [0.05, 0.1) is 6.10 Å². The van der Waals surface area contributed by atoms with Gasteiger partial charge in [0.1, 0.15) is 0 Å². The molecule has 0 radical (unpaired) electrons. The van der Waals surface area contributed by atoms with Gasteiger partial charge in [-0.25, -0.2) is 0 Å². The molecular weight excluding hydrogens is 236 g/mol. The summed E-state index contributed by atoms with van der Waals surface area (Å²) in [5.41, 5.74) is 7.58. The van der Waals surface area contributed by atoms with Crippen LogP contribution >= 0.6 is 11.6 Å². The van der Waals surface area contributed by atoms with Crippen LogP contribution in [0.25, 0.3) is 0 Å². The van der Waals surface area contributed by atoms with Crippen LogP contribution in [0.4, 0.5) is 5.69 Å². The average molecular weight is 255 g/mol. The van der Waals surface area contributed by atoms with Crippen LogP contribution in [0.15, 0.2) is 18.2 Å². The molecule has 4 heteroatoms. The maximum Gasteiger partial charge on any atom is 0.0588 e. The number of ether oxygens (including phenoxy) is 1. The Morgan fingerprint density at radius 3 is 2.94 bits per heavy atom. The molecule has 0 spiro atoms. The standard InChI is InChI=1S/C13H19ClN2O/c1-9-11(2-3-17-9)8-16-7-10-4-12(14)6-13(15)5-10/h4-6,9,11,16H,2-3,7-8,15H2,1H3. The molecule has 0 aliphatic carbocycles. The lowest BCUT2D eigenvalue weighted by atomic mass is 10.0. The van der Waals surface area contributed by atoms with E-state index in [1.54, 1.807) is 6.07 Å². The molecule has 1 aliphatic heterocycles. The molecule has 0 saturated carbocycles. The van der Waals surface area contributed by atoms with Crippen molar-refractivity contribution < 1.29 is 4.74 Å². The Balaban J connectivity index is 1.81. The van der Waals surface area contributed by atoms with Gasteiger partial charge in [-0.2, -0.15) is 0 Å². The molecule has 2 atom stereocenters. The Morgan fingerprint density at radius 1 is 1.47 bits per heavy atom. The Labute approximate surface area is 107 Å². The first-order chi connectivity index (χ1) is 8.15. The van der Waals surface area contributed by atoms with Crippen LogP contribution in [0.3, 0.4) is 0 Å². The van der Waals surface area contributed by atoms with Crippen molar-refractivity contribution in [3.63, 3.8) is 0 Å². The number of nitrogen functional groups attached to an aromatic ring is 1. The number of rotatable bonds is 4. The Hall–Kier alpha value is -0.770. The third-order valence-electron chi connectivity index (χ3n) is 3.25. The van der Waals surface area contributed by atoms with Gasteiger partial charge in [-0.3, -0.25) is 0 Å². The maximum atomic E-state index is 5.95. The van der Waals surface area contributed by atoms with Gasteiger partial charge in [-0.1, -0.05) is 11.6 Å².